The molecule has 7 nitrogen and oxygen atoms in total. The maximum Gasteiger partial charge on any atom is 0.244 e. The third-order valence-electron chi connectivity index (χ3n) is 4.44. The average Bonchev–Trinajstić information content (AvgIpc) is 3.30. The maximum atomic E-state index is 13.2. The second kappa shape index (κ2) is 9.17. The zero-order valence-corrected chi connectivity index (χ0v) is 18.8. The van der Waals surface area contributed by atoms with Gasteiger partial charge in [0.25, 0.3) is 0 Å². The molecule has 0 saturated carbocycles. The van der Waals surface area contributed by atoms with Gasteiger partial charge in [-0.1, -0.05) is 36.4 Å². The van der Waals surface area contributed by atoms with Gasteiger partial charge in [-0.05, 0) is 29.1 Å². The number of hydrogen-bond donors (Lipinski definition) is 1. The molecule has 160 valence electrons. The number of nitrogens with one attached hydrogen (secondary N) is 1. The van der Waals surface area contributed by atoms with E-state index in [9.17, 15) is 16.8 Å². The molecule has 3 aromatic rings. The Bertz CT molecular complexity index is 1190. The quantitative estimate of drug-likeness (QED) is 0.519. The fraction of sp³-hybridized carbons (Fsp3) is 0.200. The van der Waals surface area contributed by atoms with Gasteiger partial charge in [-0.3, -0.25) is 0 Å². The third kappa shape index (κ3) is 4.67. The Morgan fingerprint density at radius 3 is 2.27 bits per heavy atom. The van der Waals surface area contributed by atoms with Crippen LogP contribution in [-0.2, 0) is 19.9 Å². The van der Waals surface area contributed by atoms with Crippen LogP contribution in [0.4, 0.5) is 0 Å². The van der Waals surface area contributed by atoms with Crippen LogP contribution in [0.15, 0.2) is 75.1 Å². The van der Waals surface area contributed by atoms with Gasteiger partial charge in [-0.2, -0.15) is 0 Å². The van der Waals surface area contributed by atoms with E-state index in [1.807, 2.05) is 0 Å². The Balaban J connectivity index is 1.97. The highest BCUT2D eigenvalue weighted by Crippen LogP contribution is 2.32. The number of methoxy groups -OCH3 is 2. The van der Waals surface area contributed by atoms with E-state index in [4.69, 9.17) is 9.47 Å². The molecule has 0 aliphatic heterocycles. The van der Waals surface area contributed by atoms with Gasteiger partial charge in [0, 0.05) is 12.6 Å². The van der Waals surface area contributed by atoms with Crippen LogP contribution in [0.3, 0.4) is 0 Å². The van der Waals surface area contributed by atoms with Crippen molar-refractivity contribution in [2.45, 2.75) is 14.4 Å². The lowest BCUT2D eigenvalue weighted by molar-refractivity contribution is 0.392. The number of hydrogen-bond acceptors (Lipinski definition) is 7. The van der Waals surface area contributed by atoms with Gasteiger partial charge in [0.15, 0.2) is 9.84 Å². The Labute approximate surface area is 180 Å². The van der Waals surface area contributed by atoms with Gasteiger partial charge in [0.05, 0.1) is 14.2 Å². The molecule has 30 heavy (non-hydrogen) atoms. The number of thiophene rings is 1. The van der Waals surface area contributed by atoms with E-state index in [1.54, 1.807) is 47.8 Å². The van der Waals surface area contributed by atoms with Crippen LogP contribution in [0, 0.1) is 0 Å². The van der Waals surface area contributed by atoms with E-state index < -0.39 is 25.1 Å². The van der Waals surface area contributed by atoms with Crippen molar-refractivity contribution in [2.24, 2.45) is 0 Å². The smallest absolute Gasteiger partial charge is 0.244 e. The second-order valence-electron chi connectivity index (χ2n) is 6.25. The van der Waals surface area contributed by atoms with Crippen LogP contribution in [0.25, 0.3) is 0 Å². The van der Waals surface area contributed by atoms with Gasteiger partial charge in [-0.15, -0.1) is 11.3 Å². The Kier molecular flexibility index (Phi) is 6.81. The van der Waals surface area contributed by atoms with Gasteiger partial charge < -0.3 is 9.47 Å². The summed E-state index contributed by atoms with van der Waals surface area (Å²) in [6.07, 6.45) is 0. The number of rotatable bonds is 9. The monoisotopic (exact) mass is 467 g/mol. The largest absolute Gasteiger partial charge is 0.497 e. The van der Waals surface area contributed by atoms with E-state index >= 15 is 0 Å². The van der Waals surface area contributed by atoms with Gasteiger partial charge in [-0.25, -0.2) is 21.6 Å². The predicted molar refractivity (Wildman–Crippen MR) is 115 cm³/mol. The number of sulfonamides is 1. The lowest BCUT2D eigenvalue weighted by Gasteiger charge is -2.19. The Morgan fingerprint density at radius 2 is 1.67 bits per heavy atom. The van der Waals surface area contributed by atoms with E-state index in [2.05, 4.69) is 4.72 Å². The molecular formula is C20H21NO6S3. The molecule has 1 N–H and O–H groups in total. The molecule has 0 spiro atoms. The van der Waals surface area contributed by atoms with E-state index in [1.165, 1.54) is 32.4 Å². The minimum absolute atomic E-state index is 0.126. The van der Waals surface area contributed by atoms with Crippen molar-refractivity contribution in [1.29, 1.82) is 0 Å². The molecule has 0 fully saturated rings. The van der Waals surface area contributed by atoms with Crippen molar-refractivity contribution in [1.82, 2.24) is 4.72 Å². The van der Waals surface area contributed by atoms with Crippen LogP contribution >= 0.6 is 11.3 Å². The SMILES string of the molecule is COc1ccc(OC)c(S(=O)(=O)NC[C@H](c2ccccc2)S(=O)(=O)c2cccs2)c1. The van der Waals surface area contributed by atoms with E-state index in [0.29, 0.717) is 11.3 Å². The van der Waals surface area contributed by atoms with Crippen LogP contribution in [-0.4, -0.2) is 37.6 Å². The third-order valence-corrected chi connectivity index (χ3v) is 9.42. The van der Waals surface area contributed by atoms with Crippen molar-refractivity contribution in [2.75, 3.05) is 20.8 Å². The molecule has 1 aromatic heterocycles. The molecular weight excluding hydrogens is 446 g/mol. The van der Waals surface area contributed by atoms with Crippen LogP contribution in [0.1, 0.15) is 10.8 Å². The lowest BCUT2D eigenvalue weighted by atomic mass is 10.1. The summed E-state index contributed by atoms with van der Waals surface area (Å²) >= 11 is 1.09. The number of sulfone groups is 1. The zero-order chi connectivity index (χ0) is 21.8. The van der Waals surface area contributed by atoms with Crippen LogP contribution < -0.4 is 14.2 Å². The average molecular weight is 468 g/mol. The Morgan fingerprint density at radius 1 is 0.933 bits per heavy atom. The van der Waals surface area contributed by atoms with Crippen molar-refractivity contribution in [3.63, 3.8) is 0 Å². The molecule has 0 aliphatic rings. The topological polar surface area (TPSA) is 98.8 Å². The summed E-state index contributed by atoms with van der Waals surface area (Å²) < 4.78 is 65.3. The standard InChI is InChI=1S/C20H21NO6S3/c1-26-16-10-11-17(27-2)18(13-16)30(24,25)21-14-19(15-7-4-3-5-8-15)29(22,23)20-9-6-12-28-20/h3-13,19,21H,14H2,1-2H3/t19-/m1/s1. The molecule has 0 saturated heterocycles. The highest BCUT2D eigenvalue weighted by molar-refractivity contribution is 7.93. The van der Waals surface area contributed by atoms with Gasteiger partial charge >= 0.3 is 0 Å². The van der Waals surface area contributed by atoms with Crippen molar-refractivity contribution in [3.05, 3.63) is 71.6 Å². The summed E-state index contributed by atoms with van der Waals surface area (Å²) in [5, 5.41) is 0.573. The van der Waals surface area contributed by atoms with Crippen LogP contribution in [0.2, 0.25) is 0 Å². The molecule has 0 radical (unpaired) electrons. The van der Waals surface area contributed by atoms with Gasteiger partial charge in [0.1, 0.15) is 25.9 Å². The van der Waals surface area contributed by atoms with E-state index in [0.717, 1.165) is 11.3 Å². The molecule has 10 heteroatoms. The van der Waals surface area contributed by atoms with Crippen molar-refractivity contribution < 1.29 is 26.3 Å². The molecule has 1 atom stereocenters. The maximum absolute atomic E-state index is 13.2. The van der Waals surface area contributed by atoms with Crippen molar-refractivity contribution in [3.8, 4) is 11.5 Å². The summed E-state index contributed by atoms with van der Waals surface area (Å²) in [7, 11) is -5.11. The summed E-state index contributed by atoms with van der Waals surface area (Å²) in [6, 6.07) is 16.1. The second-order valence-corrected chi connectivity index (χ2v) is 11.3. The van der Waals surface area contributed by atoms with Crippen molar-refractivity contribution >= 4 is 31.2 Å². The lowest BCUT2D eigenvalue weighted by Crippen LogP contribution is -2.32. The Hall–Kier alpha value is -2.40. The first-order valence-electron chi connectivity index (χ1n) is 8.83. The molecule has 2 aromatic carbocycles. The summed E-state index contributed by atoms with van der Waals surface area (Å²) in [5.41, 5.74) is 0.492. The highest BCUT2D eigenvalue weighted by Gasteiger charge is 2.32. The molecule has 3 rings (SSSR count). The fourth-order valence-corrected chi connectivity index (χ4v) is 7.10. The first-order chi connectivity index (χ1) is 14.3. The predicted octanol–water partition coefficient (Wildman–Crippen LogP) is 3.26. The first kappa shape index (κ1) is 22.3. The van der Waals surface area contributed by atoms with Gasteiger partial charge in [0.2, 0.25) is 10.0 Å². The minimum Gasteiger partial charge on any atom is -0.497 e. The molecule has 1 heterocycles. The molecule has 0 amide bonds. The van der Waals surface area contributed by atoms with Crippen LogP contribution in [0.5, 0.6) is 11.5 Å². The molecule has 0 unspecified atom stereocenters. The first-order valence-corrected chi connectivity index (χ1v) is 12.7. The number of benzene rings is 2. The summed E-state index contributed by atoms with van der Waals surface area (Å²) in [5.74, 6) is 0.461. The molecule has 0 bridgehead atoms. The highest BCUT2D eigenvalue weighted by atomic mass is 32.2. The normalized spacial score (nSPS) is 13.0. The summed E-state index contributed by atoms with van der Waals surface area (Å²) in [4.78, 5) is -0.135. The van der Waals surface area contributed by atoms with E-state index in [-0.39, 0.29) is 21.4 Å². The minimum atomic E-state index is -4.08. The fourth-order valence-electron chi connectivity index (χ4n) is 2.90. The summed E-state index contributed by atoms with van der Waals surface area (Å²) in [6.45, 7) is -0.340. The zero-order valence-electron chi connectivity index (χ0n) is 16.3. The number of ether oxygens (including phenoxy) is 2. The molecule has 0 aliphatic carbocycles.